The number of fused-ring (bicyclic) bond motifs is 6. The summed E-state index contributed by atoms with van der Waals surface area (Å²) in [6.45, 7) is 13.2. The summed E-state index contributed by atoms with van der Waals surface area (Å²) in [7, 11) is 0. The first-order chi connectivity index (χ1) is 16.3. The highest BCUT2D eigenvalue weighted by Gasteiger charge is 2.89. The first-order valence-corrected chi connectivity index (χ1v) is 13.8. The Morgan fingerprint density at radius 2 is 1.74 bits per heavy atom. The van der Waals surface area contributed by atoms with E-state index in [0.717, 1.165) is 25.7 Å². The SMILES string of the molecule is CC1=C(O)C(=O)CC2(C)C1C(O)CC1(C)C2C2OC2C23OC(=O)C4(CCC(C)C(C)C42)CCC13C. The van der Waals surface area contributed by atoms with E-state index >= 15 is 0 Å². The van der Waals surface area contributed by atoms with Crippen molar-refractivity contribution >= 4 is 11.8 Å². The van der Waals surface area contributed by atoms with Crippen LogP contribution < -0.4 is 0 Å². The van der Waals surface area contributed by atoms with Crippen LogP contribution in [-0.2, 0) is 19.1 Å². The van der Waals surface area contributed by atoms with Gasteiger partial charge in [0.05, 0.1) is 17.6 Å². The van der Waals surface area contributed by atoms with Crippen LogP contribution in [-0.4, -0.2) is 45.9 Å². The molecule has 13 unspecified atom stereocenters. The number of hydrogen-bond donors (Lipinski definition) is 2. The molecule has 7 rings (SSSR count). The van der Waals surface area contributed by atoms with Crippen LogP contribution in [0.2, 0.25) is 0 Å². The maximum Gasteiger partial charge on any atom is 0.313 e. The number of esters is 1. The van der Waals surface area contributed by atoms with Crippen molar-refractivity contribution in [3.8, 4) is 0 Å². The van der Waals surface area contributed by atoms with Crippen molar-refractivity contribution in [2.75, 3.05) is 0 Å². The quantitative estimate of drug-likeness (QED) is 0.392. The zero-order valence-corrected chi connectivity index (χ0v) is 21.9. The molecule has 2 bridgehead atoms. The minimum absolute atomic E-state index is 0.0155. The van der Waals surface area contributed by atoms with Crippen LogP contribution in [0.4, 0.5) is 0 Å². The van der Waals surface area contributed by atoms with Crippen LogP contribution in [0.1, 0.15) is 80.1 Å². The fourth-order valence-electron chi connectivity index (χ4n) is 11.7. The van der Waals surface area contributed by atoms with Gasteiger partial charge in [0.15, 0.2) is 17.1 Å². The molecule has 5 aliphatic carbocycles. The molecule has 0 aromatic rings. The first kappa shape index (κ1) is 22.8. The lowest BCUT2D eigenvalue weighted by Gasteiger charge is -2.71. The summed E-state index contributed by atoms with van der Waals surface area (Å²) in [6, 6.07) is 0. The molecule has 0 amide bonds. The van der Waals surface area contributed by atoms with E-state index in [2.05, 4.69) is 34.6 Å². The van der Waals surface area contributed by atoms with Gasteiger partial charge in [0.25, 0.3) is 0 Å². The molecular weight excluding hydrogens is 444 g/mol. The van der Waals surface area contributed by atoms with Gasteiger partial charge in [-0.3, -0.25) is 9.59 Å². The van der Waals surface area contributed by atoms with Gasteiger partial charge in [-0.2, -0.15) is 0 Å². The average Bonchev–Trinajstić information content (AvgIpc) is 3.52. The Morgan fingerprint density at radius 3 is 2.46 bits per heavy atom. The fraction of sp³-hybridized carbons (Fsp3) is 0.862. The monoisotopic (exact) mass is 484 g/mol. The molecule has 192 valence electrons. The average molecular weight is 485 g/mol. The summed E-state index contributed by atoms with van der Waals surface area (Å²) in [6.07, 6.45) is 3.51. The van der Waals surface area contributed by atoms with Crippen molar-refractivity contribution in [1.29, 1.82) is 0 Å². The molecule has 2 saturated heterocycles. The topological polar surface area (TPSA) is 96.4 Å². The maximum absolute atomic E-state index is 13.8. The highest BCUT2D eigenvalue weighted by molar-refractivity contribution is 5.95. The molecule has 1 spiro atoms. The van der Waals surface area contributed by atoms with Gasteiger partial charge in [0.1, 0.15) is 6.10 Å². The molecule has 6 fully saturated rings. The second kappa shape index (κ2) is 6.18. The van der Waals surface area contributed by atoms with Crippen LogP contribution in [0.3, 0.4) is 0 Å². The lowest BCUT2D eigenvalue weighted by atomic mass is 9.31. The van der Waals surface area contributed by atoms with E-state index in [1.165, 1.54) is 0 Å². The number of carbonyl (C=O) groups excluding carboxylic acids is 2. The number of hydrogen-bond acceptors (Lipinski definition) is 6. The second-order valence-electron chi connectivity index (χ2n) is 14.3. The van der Waals surface area contributed by atoms with E-state index in [1.54, 1.807) is 6.92 Å². The molecule has 4 saturated carbocycles. The summed E-state index contributed by atoms with van der Waals surface area (Å²) in [4.78, 5) is 26.7. The van der Waals surface area contributed by atoms with Crippen LogP contribution in [0, 0.1) is 51.2 Å². The number of aliphatic hydroxyl groups is 2. The summed E-state index contributed by atoms with van der Waals surface area (Å²) >= 11 is 0. The zero-order valence-electron chi connectivity index (χ0n) is 21.9. The van der Waals surface area contributed by atoms with Crippen molar-refractivity contribution < 1.29 is 29.3 Å². The summed E-state index contributed by atoms with van der Waals surface area (Å²) in [5, 5.41) is 22.2. The molecule has 2 heterocycles. The largest absolute Gasteiger partial charge is 0.504 e. The molecule has 0 aromatic heterocycles. The minimum Gasteiger partial charge on any atom is -0.504 e. The molecule has 2 N–H and O–H groups in total. The molecule has 6 heteroatoms. The van der Waals surface area contributed by atoms with Crippen LogP contribution in [0.15, 0.2) is 11.3 Å². The minimum atomic E-state index is -0.680. The van der Waals surface area contributed by atoms with E-state index in [1.807, 2.05) is 0 Å². The Kier molecular flexibility index (Phi) is 4.02. The van der Waals surface area contributed by atoms with Gasteiger partial charge in [-0.25, -0.2) is 0 Å². The highest BCUT2D eigenvalue weighted by Crippen LogP contribution is 2.83. The molecule has 35 heavy (non-hydrogen) atoms. The van der Waals surface area contributed by atoms with Crippen LogP contribution in [0.5, 0.6) is 0 Å². The molecule has 0 radical (unpaired) electrons. The highest BCUT2D eigenvalue weighted by atomic mass is 16.6. The standard InChI is InChI=1S/C29H40O6/c1-13-7-8-28-10-9-27(6)26(5)12-16(30)18-15(3)19(32)17(31)11-25(18,4)22(26)20-23(34-20)29(27,35-24(28)33)21(28)14(13)2/h13-14,16,18,20-23,30,32H,7-12H2,1-6H3. The number of carbonyl (C=O) groups is 2. The van der Waals surface area contributed by atoms with Crippen LogP contribution in [0.25, 0.3) is 0 Å². The Hall–Kier alpha value is -1.40. The molecular formula is C29H40O6. The number of ketones is 1. The predicted octanol–water partition coefficient (Wildman–Crippen LogP) is 4.35. The third-order valence-corrected chi connectivity index (χ3v) is 13.4. The van der Waals surface area contributed by atoms with E-state index in [4.69, 9.17) is 9.47 Å². The molecule has 13 atom stereocenters. The van der Waals surface area contributed by atoms with E-state index in [9.17, 15) is 19.8 Å². The van der Waals surface area contributed by atoms with Gasteiger partial charge >= 0.3 is 5.97 Å². The van der Waals surface area contributed by atoms with Gasteiger partial charge in [0, 0.05) is 29.6 Å². The van der Waals surface area contributed by atoms with Crippen molar-refractivity contribution in [3.05, 3.63) is 11.3 Å². The van der Waals surface area contributed by atoms with E-state index < -0.39 is 22.5 Å². The smallest absolute Gasteiger partial charge is 0.313 e. The fourth-order valence-corrected chi connectivity index (χ4v) is 11.7. The predicted molar refractivity (Wildman–Crippen MR) is 127 cm³/mol. The van der Waals surface area contributed by atoms with Gasteiger partial charge in [0.2, 0.25) is 0 Å². The third kappa shape index (κ3) is 2.10. The number of Topliss-reactive ketones (excluding diaryl/α,β-unsaturated/α-hetero) is 1. The lowest BCUT2D eigenvalue weighted by molar-refractivity contribution is -0.273. The first-order valence-electron chi connectivity index (χ1n) is 13.8. The number of rotatable bonds is 0. The maximum atomic E-state index is 13.8. The third-order valence-electron chi connectivity index (χ3n) is 13.4. The summed E-state index contributed by atoms with van der Waals surface area (Å²) in [5.74, 6) is 0.356. The van der Waals surface area contributed by atoms with Crippen molar-refractivity contribution in [1.82, 2.24) is 0 Å². The molecule has 7 aliphatic rings. The van der Waals surface area contributed by atoms with Crippen molar-refractivity contribution in [3.63, 3.8) is 0 Å². The molecule has 2 aliphatic heterocycles. The Bertz CT molecular complexity index is 1100. The Balaban J connectivity index is 1.43. The zero-order chi connectivity index (χ0) is 25.1. The number of aliphatic hydroxyl groups excluding tert-OH is 2. The van der Waals surface area contributed by atoms with E-state index in [0.29, 0.717) is 23.8 Å². The molecule has 6 nitrogen and oxygen atoms in total. The Morgan fingerprint density at radius 1 is 1.03 bits per heavy atom. The van der Waals surface area contributed by atoms with Gasteiger partial charge in [-0.15, -0.1) is 0 Å². The Labute approximate surface area is 207 Å². The van der Waals surface area contributed by atoms with Crippen molar-refractivity contribution in [2.24, 2.45) is 51.2 Å². The van der Waals surface area contributed by atoms with Gasteiger partial charge in [-0.1, -0.05) is 34.6 Å². The molecule has 0 aromatic carbocycles. The lowest BCUT2D eigenvalue weighted by Crippen LogP contribution is -2.76. The van der Waals surface area contributed by atoms with Gasteiger partial charge < -0.3 is 19.7 Å². The summed E-state index contributed by atoms with van der Waals surface area (Å²) < 4.78 is 13.3. The number of allylic oxidation sites excluding steroid dienone is 1. The van der Waals surface area contributed by atoms with Crippen molar-refractivity contribution in [2.45, 2.75) is 104 Å². The normalized spacial score (nSPS) is 62.3. The van der Waals surface area contributed by atoms with Gasteiger partial charge in [-0.05, 0) is 67.3 Å². The summed E-state index contributed by atoms with van der Waals surface area (Å²) in [5.41, 5.74) is -1.74. The number of ether oxygens (including phenoxy) is 2. The second-order valence-corrected chi connectivity index (χ2v) is 14.3. The number of epoxide rings is 1. The van der Waals surface area contributed by atoms with Crippen LogP contribution >= 0.6 is 0 Å². The van der Waals surface area contributed by atoms with E-state index in [-0.39, 0.29) is 64.7 Å².